The predicted octanol–water partition coefficient (Wildman–Crippen LogP) is 3.62. The lowest BCUT2D eigenvalue weighted by molar-refractivity contribution is -0.137. The Labute approximate surface area is 221 Å². The zero-order valence-electron chi connectivity index (χ0n) is 21.3. The van der Waals surface area contributed by atoms with Crippen molar-refractivity contribution in [3.8, 4) is 5.75 Å². The smallest absolute Gasteiger partial charge is 0.416 e. The van der Waals surface area contributed by atoms with E-state index in [1.54, 1.807) is 13.2 Å². The number of para-hydroxylation sites is 1. The van der Waals surface area contributed by atoms with E-state index in [-0.39, 0.29) is 34.4 Å². The number of nitrogens with zero attached hydrogens (tertiary/aromatic N) is 1. The van der Waals surface area contributed by atoms with Crippen LogP contribution in [0, 0.1) is 5.92 Å². The summed E-state index contributed by atoms with van der Waals surface area (Å²) in [6, 6.07) is 24.1. The lowest BCUT2D eigenvalue weighted by Crippen LogP contribution is -2.64. The summed E-state index contributed by atoms with van der Waals surface area (Å²) in [5.74, 6) is 1.16. The molecule has 3 aromatic carbocycles. The van der Waals surface area contributed by atoms with Crippen molar-refractivity contribution in [3.05, 3.63) is 101 Å². The van der Waals surface area contributed by atoms with Crippen LogP contribution in [0.25, 0.3) is 0 Å². The van der Waals surface area contributed by atoms with E-state index in [0.29, 0.717) is 18.0 Å². The normalized spacial score (nSPS) is 22.8. The van der Waals surface area contributed by atoms with Crippen LogP contribution in [0.4, 0.5) is 13.2 Å². The third-order valence-electron chi connectivity index (χ3n) is 7.67. The van der Waals surface area contributed by atoms with Crippen LogP contribution >= 0.6 is 0 Å². The van der Waals surface area contributed by atoms with E-state index in [2.05, 4.69) is 16.3 Å². The summed E-state index contributed by atoms with van der Waals surface area (Å²) in [4.78, 5) is 2.48. The van der Waals surface area contributed by atoms with Gasteiger partial charge in [-0.1, -0.05) is 66.7 Å². The van der Waals surface area contributed by atoms with Crippen molar-refractivity contribution in [1.82, 2.24) is 10.2 Å². The standard InChI is InChI=1S/C29H31F3N2O.3H2O/c1-35-25-13-6-5-10-23(25)19-33-27-21-14-16-34(17-15-21)28(27)26(20-8-3-2-4-9-20)22-11-7-12-24(18-22)29(30,31)32;;;/h2-13,18,21,26-28,33H,14-17,19H2,1H3;3*1H2. The summed E-state index contributed by atoms with van der Waals surface area (Å²) in [7, 11) is 1.68. The number of ether oxygens (including phenoxy) is 1. The quantitative estimate of drug-likeness (QED) is 0.499. The highest BCUT2D eigenvalue weighted by Crippen LogP contribution is 2.43. The first-order chi connectivity index (χ1) is 17.0. The highest BCUT2D eigenvalue weighted by molar-refractivity contribution is 5.39. The molecule has 3 atom stereocenters. The molecule has 0 aliphatic carbocycles. The summed E-state index contributed by atoms with van der Waals surface area (Å²) in [5, 5.41) is 3.82. The number of methoxy groups -OCH3 is 1. The van der Waals surface area contributed by atoms with Crippen LogP contribution < -0.4 is 10.1 Å². The number of alkyl halides is 3. The molecule has 6 nitrogen and oxygen atoms in total. The van der Waals surface area contributed by atoms with E-state index in [9.17, 15) is 13.2 Å². The SMILES string of the molecule is COc1ccccc1CNC1C2CCN(CC2)C1C(c1ccccc1)c1cccc(C(F)(F)F)c1.O.O.O. The van der Waals surface area contributed by atoms with Crippen LogP contribution in [0.3, 0.4) is 0 Å². The van der Waals surface area contributed by atoms with Gasteiger partial charge in [-0.05, 0) is 55.1 Å². The van der Waals surface area contributed by atoms with Gasteiger partial charge in [0.1, 0.15) is 5.75 Å². The van der Waals surface area contributed by atoms with Crippen LogP contribution in [0.5, 0.6) is 5.75 Å². The minimum atomic E-state index is -4.37. The molecule has 0 aromatic heterocycles. The van der Waals surface area contributed by atoms with Gasteiger partial charge in [0.15, 0.2) is 0 Å². The largest absolute Gasteiger partial charge is 0.496 e. The number of fused-ring (bicyclic) bond motifs is 3. The predicted molar refractivity (Wildman–Crippen MR) is 142 cm³/mol. The van der Waals surface area contributed by atoms with Gasteiger partial charge in [-0.3, -0.25) is 4.90 Å². The fourth-order valence-corrected chi connectivity index (χ4v) is 6.02. The number of benzene rings is 3. The van der Waals surface area contributed by atoms with Crippen molar-refractivity contribution in [2.75, 3.05) is 20.2 Å². The van der Waals surface area contributed by atoms with E-state index in [0.717, 1.165) is 48.9 Å². The molecule has 0 saturated carbocycles. The van der Waals surface area contributed by atoms with Crippen LogP contribution in [0.15, 0.2) is 78.9 Å². The van der Waals surface area contributed by atoms with Gasteiger partial charge in [-0.15, -0.1) is 0 Å². The molecule has 208 valence electrons. The fraction of sp³-hybridized carbons (Fsp3) is 0.379. The zero-order chi connectivity index (χ0) is 24.4. The molecule has 38 heavy (non-hydrogen) atoms. The second-order valence-corrected chi connectivity index (χ2v) is 9.59. The summed E-state index contributed by atoms with van der Waals surface area (Å²) < 4.78 is 46.5. The zero-order valence-corrected chi connectivity index (χ0v) is 21.3. The minimum absolute atomic E-state index is 0. The van der Waals surface area contributed by atoms with Crippen molar-refractivity contribution in [1.29, 1.82) is 0 Å². The Hall–Kier alpha value is -2.95. The molecule has 3 aliphatic rings. The summed E-state index contributed by atoms with van der Waals surface area (Å²) in [5.41, 5.74) is 2.26. The molecule has 3 unspecified atom stereocenters. The maximum Gasteiger partial charge on any atom is 0.416 e. The molecule has 7 N–H and O–H groups in total. The Morgan fingerprint density at radius 2 is 1.50 bits per heavy atom. The molecular weight excluding hydrogens is 497 g/mol. The van der Waals surface area contributed by atoms with E-state index in [1.165, 1.54) is 6.07 Å². The van der Waals surface area contributed by atoms with Gasteiger partial charge < -0.3 is 26.5 Å². The summed E-state index contributed by atoms with van der Waals surface area (Å²) in [6.45, 7) is 2.61. The molecule has 3 aliphatic heterocycles. The third kappa shape index (κ3) is 6.36. The molecule has 0 amide bonds. The molecule has 3 saturated heterocycles. The second-order valence-electron chi connectivity index (χ2n) is 9.59. The first-order valence-electron chi connectivity index (χ1n) is 12.3. The fourth-order valence-electron chi connectivity index (χ4n) is 6.02. The maximum absolute atomic E-state index is 13.6. The molecule has 9 heteroatoms. The van der Waals surface area contributed by atoms with Crippen molar-refractivity contribution in [2.45, 2.75) is 43.6 Å². The van der Waals surface area contributed by atoms with E-state index in [1.807, 2.05) is 54.6 Å². The van der Waals surface area contributed by atoms with Crippen molar-refractivity contribution in [2.24, 2.45) is 5.92 Å². The molecule has 6 rings (SSSR count). The number of halogens is 3. The summed E-state index contributed by atoms with van der Waals surface area (Å²) in [6.07, 6.45) is -2.17. The third-order valence-corrected chi connectivity index (χ3v) is 7.67. The van der Waals surface area contributed by atoms with Gasteiger partial charge >= 0.3 is 6.18 Å². The summed E-state index contributed by atoms with van der Waals surface area (Å²) >= 11 is 0. The van der Waals surface area contributed by atoms with Gasteiger partial charge in [0.05, 0.1) is 12.7 Å². The Bertz CT molecular complexity index is 1140. The van der Waals surface area contributed by atoms with Gasteiger partial charge in [-0.2, -0.15) is 13.2 Å². The lowest BCUT2D eigenvalue weighted by Gasteiger charge is -2.54. The number of rotatable bonds is 7. The van der Waals surface area contributed by atoms with E-state index < -0.39 is 11.7 Å². The molecule has 0 spiro atoms. The molecule has 3 aromatic rings. The van der Waals surface area contributed by atoms with Gasteiger partial charge in [0, 0.05) is 30.1 Å². The van der Waals surface area contributed by atoms with Crippen LogP contribution in [0.2, 0.25) is 0 Å². The lowest BCUT2D eigenvalue weighted by atomic mass is 9.70. The van der Waals surface area contributed by atoms with E-state index >= 15 is 0 Å². The van der Waals surface area contributed by atoms with Crippen LogP contribution in [-0.2, 0) is 12.7 Å². The van der Waals surface area contributed by atoms with Gasteiger partial charge in [0.2, 0.25) is 0 Å². The maximum atomic E-state index is 13.6. The Morgan fingerprint density at radius 3 is 2.16 bits per heavy atom. The first kappa shape index (κ1) is 31.3. The number of nitrogens with one attached hydrogen (secondary N) is 1. The van der Waals surface area contributed by atoms with Crippen molar-refractivity contribution < 1.29 is 34.3 Å². The van der Waals surface area contributed by atoms with Gasteiger partial charge in [-0.25, -0.2) is 0 Å². The second kappa shape index (κ2) is 13.2. The van der Waals surface area contributed by atoms with Crippen molar-refractivity contribution >= 4 is 0 Å². The van der Waals surface area contributed by atoms with Crippen LogP contribution in [0.1, 0.15) is 41.0 Å². The Kier molecular flexibility index (Phi) is 10.9. The Morgan fingerprint density at radius 1 is 0.868 bits per heavy atom. The number of hydrogen-bond acceptors (Lipinski definition) is 3. The van der Waals surface area contributed by atoms with Crippen LogP contribution in [-0.4, -0.2) is 53.6 Å². The monoisotopic (exact) mass is 534 g/mol. The Balaban J connectivity index is 0.00000169. The highest BCUT2D eigenvalue weighted by atomic mass is 19.4. The minimum Gasteiger partial charge on any atom is -0.496 e. The molecular formula is C29H37F3N2O4. The number of piperidine rings is 3. The highest BCUT2D eigenvalue weighted by Gasteiger charge is 2.46. The topological polar surface area (TPSA) is 119 Å². The molecule has 3 heterocycles. The van der Waals surface area contributed by atoms with Gasteiger partial charge in [0.25, 0.3) is 0 Å². The number of hydrogen-bond donors (Lipinski definition) is 1. The molecule has 0 radical (unpaired) electrons. The van der Waals surface area contributed by atoms with Crippen molar-refractivity contribution in [3.63, 3.8) is 0 Å². The average molecular weight is 535 g/mol. The first-order valence-corrected chi connectivity index (χ1v) is 12.3. The molecule has 3 fully saturated rings. The van der Waals surface area contributed by atoms with E-state index in [4.69, 9.17) is 4.74 Å². The average Bonchev–Trinajstić information content (AvgIpc) is 2.89. The molecule has 2 bridgehead atoms.